The first-order valence-corrected chi connectivity index (χ1v) is 9.60. The monoisotopic (exact) mass is 418 g/mol. The molecular weight excluding hydrogens is 400 g/mol. The molecule has 0 atom stereocenters. The van der Waals surface area contributed by atoms with E-state index in [0.717, 1.165) is 10.6 Å². The Balaban J connectivity index is 1.69. The van der Waals surface area contributed by atoms with Crippen molar-refractivity contribution in [2.75, 3.05) is 26.6 Å². The van der Waals surface area contributed by atoms with Gasteiger partial charge in [-0.15, -0.1) is 11.3 Å². The van der Waals surface area contributed by atoms with Gasteiger partial charge in [0.2, 0.25) is 5.91 Å². The molecule has 3 rings (SSSR count). The number of halogens is 1. The molecule has 1 aromatic heterocycles. The van der Waals surface area contributed by atoms with Crippen molar-refractivity contribution in [2.24, 2.45) is 0 Å². The number of methoxy groups -OCH3 is 3. The van der Waals surface area contributed by atoms with Gasteiger partial charge >= 0.3 is 0 Å². The topological polar surface area (TPSA) is 69.7 Å². The summed E-state index contributed by atoms with van der Waals surface area (Å²) in [6.45, 7) is 0. The lowest BCUT2D eigenvalue weighted by Gasteiger charge is -2.08. The highest BCUT2D eigenvalue weighted by molar-refractivity contribution is 7.13. The van der Waals surface area contributed by atoms with Crippen molar-refractivity contribution in [3.63, 3.8) is 0 Å². The van der Waals surface area contributed by atoms with Crippen LogP contribution in [0.4, 0.5) is 5.69 Å². The zero-order chi connectivity index (χ0) is 20.1. The molecule has 1 amide bonds. The summed E-state index contributed by atoms with van der Waals surface area (Å²) in [5.41, 5.74) is 2.19. The lowest BCUT2D eigenvalue weighted by atomic mass is 10.2. The molecule has 28 heavy (non-hydrogen) atoms. The average Bonchev–Trinajstić information content (AvgIpc) is 3.15. The van der Waals surface area contributed by atoms with Gasteiger partial charge in [-0.3, -0.25) is 4.79 Å². The van der Waals surface area contributed by atoms with Crippen molar-refractivity contribution in [1.82, 2.24) is 4.98 Å². The Hall–Kier alpha value is -2.77. The van der Waals surface area contributed by atoms with E-state index in [2.05, 4.69) is 10.3 Å². The van der Waals surface area contributed by atoms with Gasteiger partial charge in [-0.25, -0.2) is 4.98 Å². The molecule has 8 heteroatoms. The molecule has 3 aromatic rings. The minimum atomic E-state index is -0.176. The third-order valence-corrected chi connectivity index (χ3v) is 5.20. The van der Waals surface area contributed by atoms with Gasteiger partial charge in [0.05, 0.1) is 38.5 Å². The molecule has 0 aliphatic carbocycles. The van der Waals surface area contributed by atoms with E-state index in [1.165, 1.54) is 18.4 Å². The molecule has 0 fully saturated rings. The maximum absolute atomic E-state index is 12.3. The molecule has 0 unspecified atom stereocenters. The maximum Gasteiger partial charge on any atom is 0.230 e. The SMILES string of the molecule is COc1ccc(NC(=O)Cc2csc(-c3ccc(OC)c(OC)c3)n2)cc1Cl. The number of hydrogen-bond donors (Lipinski definition) is 1. The second-order valence-corrected chi connectivity index (χ2v) is 7.05. The van der Waals surface area contributed by atoms with Crippen LogP contribution in [0.2, 0.25) is 5.02 Å². The fraction of sp³-hybridized carbons (Fsp3) is 0.200. The number of benzene rings is 2. The van der Waals surface area contributed by atoms with Crippen LogP contribution in [0.5, 0.6) is 17.2 Å². The van der Waals surface area contributed by atoms with Crippen LogP contribution in [0.25, 0.3) is 10.6 Å². The minimum Gasteiger partial charge on any atom is -0.495 e. The van der Waals surface area contributed by atoms with Gasteiger partial charge in [-0.05, 0) is 36.4 Å². The number of nitrogens with one attached hydrogen (secondary N) is 1. The number of carbonyl (C=O) groups is 1. The van der Waals surface area contributed by atoms with Crippen LogP contribution in [-0.2, 0) is 11.2 Å². The molecule has 1 heterocycles. The van der Waals surface area contributed by atoms with E-state index in [9.17, 15) is 4.79 Å². The lowest BCUT2D eigenvalue weighted by molar-refractivity contribution is -0.115. The van der Waals surface area contributed by atoms with E-state index in [1.54, 1.807) is 32.4 Å². The highest BCUT2D eigenvalue weighted by Crippen LogP contribution is 2.33. The lowest BCUT2D eigenvalue weighted by Crippen LogP contribution is -2.14. The van der Waals surface area contributed by atoms with E-state index in [0.29, 0.717) is 33.7 Å². The van der Waals surface area contributed by atoms with Crippen molar-refractivity contribution in [3.8, 4) is 27.8 Å². The highest BCUT2D eigenvalue weighted by Gasteiger charge is 2.12. The van der Waals surface area contributed by atoms with Crippen molar-refractivity contribution in [1.29, 1.82) is 0 Å². The van der Waals surface area contributed by atoms with E-state index in [4.69, 9.17) is 25.8 Å². The van der Waals surface area contributed by atoms with Crippen molar-refractivity contribution >= 4 is 34.5 Å². The van der Waals surface area contributed by atoms with Gasteiger partial charge in [0.15, 0.2) is 11.5 Å². The molecule has 2 aromatic carbocycles. The van der Waals surface area contributed by atoms with Crippen LogP contribution in [0.15, 0.2) is 41.8 Å². The Kier molecular flexibility index (Phi) is 6.38. The number of thiazole rings is 1. The standard InChI is InChI=1S/C20H19ClN2O4S/c1-25-16-7-5-13(9-15(16)21)22-19(24)10-14-11-28-20(23-14)12-4-6-17(26-2)18(8-12)27-3/h4-9,11H,10H2,1-3H3,(H,22,24). The quantitative estimate of drug-likeness (QED) is 0.603. The van der Waals surface area contributed by atoms with Gasteiger partial charge < -0.3 is 19.5 Å². The third-order valence-electron chi connectivity index (χ3n) is 3.96. The van der Waals surface area contributed by atoms with Gasteiger partial charge in [0.25, 0.3) is 0 Å². The molecule has 146 valence electrons. The van der Waals surface area contributed by atoms with Crippen molar-refractivity contribution < 1.29 is 19.0 Å². The summed E-state index contributed by atoms with van der Waals surface area (Å²) in [5, 5.41) is 5.92. The molecule has 1 N–H and O–H groups in total. The summed E-state index contributed by atoms with van der Waals surface area (Å²) in [7, 11) is 4.72. The fourth-order valence-electron chi connectivity index (χ4n) is 2.60. The number of ether oxygens (including phenoxy) is 3. The normalized spacial score (nSPS) is 10.4. The van der Waals surface area contributed by atoms with Crippen LogP contribution in [0, 0.1) is 0 Å². The van der Waals surface area contributed by atoms with Crippen molar-refractivity contribution in [3.05, 3.63) is 52.5 Å². The second-order valence-electron chi connectivity index (χ2n) is 5.79. The number of nitrogens with zero attached hydrogens (tertiary/aromatic N) is 1. The Morgan fingerprint density at radius 1 is 1.04 bits per heavy atom. The minimum absolute atomic E-state index is 0.160. The summed E-state index contributed by atoms with van der Waals surface area (Å²) >= 11 is 7.55. The third kappa shape index (κ3) is 4.55. The summed E-state index contributed by atoms with van der Waals surface area (Å²) in [4.78, 5) is 16.9. The van der Waals surface area contributed by atoms with Crippen LogP contribution >= 0.6 is 22.9 Å². The predicted octanol–water partition coefficient (Wildman–Crippen LogP) is 4.67. The Morgan fingerprint density at radius 2 is 1.75 bits per heavy atom. The van der Waals surface area contributed by atoms with Crippen LogP contribution in [-0.4, -0.2) is 32.2 Å². The number of hydrogen-bond acceptors (Lipinski definition) is 6. The Morgan fingerprint density at radius 3 is 2.43 bits per heavy atom. The predicted molar refractivity (Wildman–Crippen MR) is 111 cm³/mol. The molecule has 0 radical (unpaired) electrons. The molecule has 0 aliphatic heterocycles. The molecular formula is C20H19ClN2O4S. The average molecular weight is 419 g/mol. The van der Waals surface area contributed by atoms with E-state index in [-0.39, 0.29) is 12.3 Å². The molecule has 0 aliphatic rings. The zero-order valence-corrected chi connectivity index (χ0v) is 17.2. The Labute approximate surface area is 172 Å². The zero-order valence-electron chi connectivity index (χ0n) is 15.6. The molecule has 0 bridgehead atoms. The van der Waals surface area contributed by atoms with E-state index in [1.807, 2.05) is 23.6 Å². The smallest absolute Gasteiger partial charge is 0.230 e. The first-order valence-electron chi connectivity index (χ1n) is 8.34. The second kappa shape index (κ2) is 8.95. The first-order chi connectivity index (χ1) is 13.5. The number of carbonyl (C=O) groups excluding carboxylic acids is 1. The number of anilines is 1. The summed E-state index contributed by atoms with van der Waals surface area (Å²) in [6, 6.07) is 10.7. The Bertz CT molecular complexity index is 990. The van der Waals surface area contributed by atoms with Gasteiger partial charge in [-0.2, -0.15) is 0 Å². The number of rotatable bonds is 7. The van der Waals surface area contributed by atoms with Crippen LogP contribution in [0.1, 0.15) is 5.69 Å². The largest absolute Gasteiger partial charge is 0.495 e. The van der Waals surface area contributed by atoms with Gasteiger partial charge in [-0.1, -0.05) is 11.6 Å². The van der Waals surface area contributed by atoms with Crippen LogP contribution < -0.4 is 19.5 Å². The van der Waals surface area contributed by atoms with Crippen molar-refractivity contribution in [2.45, 2.75) is 6.42 Å². The molecule has 0 saturated carbocycles. The molecule has 0 saturated heterocycles. The van der Waals surface area contributed by atoms with E-state index >= 15 is 0 Å². The summed E-state index contributed by atoms with van der Waals surface area (Å²) in [6.07, 6.45) is 0.160. The highest BCUT2D eigenvalue weighted by atomic mass is 35.5. The van der Waals surface area contributed by atoms with Crippen LogP contribution in [0.3, 0.4) is 0 Å². The first kappa shape index (κ1) is 20.0. The van der Waals surface area contributed by atoms with E-state index < -0.39 is 0 Å². The maximum atomic E-state index is 12.3. The molecule has 0 spiro atoms. The number of aromatic nitrogens is 1. The summed E-state index contributed by atoms with van der Waals surface area (Å²) in [5.74, 6) is 1.66. The van der Waals surface area contributed by atoms with Gasteiger partial charge in [0, 0.05) is 16.6 Å². The molecule has 6 nitrogen and oxygen atoms in total. The number of amides is 1. The summed E-state index contributed by atoms with van der Waals surface area (Å²) < 4.78 is 15.7. The fourth-order valence-corrected chi connectivity index (χ4v) is 3.68. The van der Waals surface area contributed by atoms with Gasteiger partial charge in [0.1, 0.15) is 10.8 Å².